The largest absolute Gasteiger partial charge is 0.393 e. The maximum absolute atomic E-state index is 10.8. The predicted molar refractivity (Wildman–Crippen MR) is 88.8 cm³/mol. The first-order valence-electron chi connectivity index (χ1n) is 8.60. The molecule has 0 bridgehead atoms. The molecule has 2 aromatic rings. The first kappa shape index (κ1) is 14.9. The van der Waals surface area contributed by atoms with Gasteiger partial charge in [-0.05, 0) is 49.7 Å². The summed E-state index contributed by atoms with van der Waals surface area (Å²) in [6, 6.07) is 8.47. The average Bonchev–Trinajstić information content (AvgIpc) is 3.18. The lowest BCUT2D eigenvalue weighted by atomic mass is 9.79. The van der Waals surface area contributed by atoms with Gasteiger partial charge in [0.15, 0.2) is 0 Å². The van der Waals surface area contributed by atoms with Crippen LogP contribution in [0.15, 0.2) is 36.8 Å². The molecule has 23 heavy (non-hydrogen) atoms. The Balaban J connectivity index is 1.51. The van der Waals surface area contributed by atoms with Crippen LogP contribution >= 0.6 is 0 Å². The van der Waals surface area contributed by atoms with Crippen LogP contribution in [0.1, 0.15) is 49.3 Å². The Kier molecular flexibility index (Phi) is 3.95. The van der Waals surface area contributed by atoms with Crippen molar-refractivity contribution < 1.29 is 9.84 Å². The van der Waals surface area contributed by atoms with Gasteiger partial charge in [0, 0.05) is 19.2 Å². The molecule has 2 aliphatic rings. The number of nitrogens with zero attached hydrogens (tertiary/aromatic N) is 2. The fourth-order valence-electron chi connectivity index (χ4n) is 4.32. The first-order chi connectivity index (χ1) is 11.3. The van der Waals surface area contributed by atoms with Crippen LogP contribution in [-0.2, 0) is 4.74 Å². The zero-order valence-corrected chi connectivity index (χ0v) is 13.6. The van der Waals surface area contributed by atoms with Gasteiger partial charge in [-0.2, -0.15) is 0 Å². The van der Waals surface area contributed by atoms with Crippen LogP contribution in [-0.4, -0.2) is 34.0 Å². The molecule has 0 saturated heterocycles. The molecule has 2 atom stereocenters. The van der Waals surface area contributed by atoms with Crippen molar-refractivity contribution in [3.63, 3.8) is 0 Å². The number of imidazole rings is 1. The van der Waals surface area contributed by atoms with E-state index in [2.05, 4.69) is 33.8 Å². The Morgan fingerprint density at radius 2 is 2.04 bits per heavy atom. The van der Waals surface area contributed by atoms with Crippen molar-refractivity contribution in [2.24, 2.45) is 5.92 Å². The summed E-state index contributed by atoms with van der Waals surface area (Å²) in [7, 11) is 1.79. The summed E-state index contributed by atoms with van der Waals surface area (Å²) in [5.41, 5.74) is 3.73. The Labute approximate surface area is 137 Å². The third kappa shape index (κ3) is 2.60. The zero-order valence-electron chi connectivity index (χ0n) is 13.6. The molecule has 4 rings (SSSR count). The van der Waals surface area contributed by atoms with Gasteiger partial charge in [-0.25, -0.2) is 4.98 Å². The van der Waals surface area contributed by atoms with Gasteiger partial charge in [0.25, 0.3) is 0 Å². The fourth-order valence-corrected chi connectivity index (χ4v) is 4.32. The Bertz CT molecular complexity index is 674. The number of para-hydroxylation sites is 1. The summed E-state index contributed by atoms with van der Waals surface area (Å²) in [6.45, 7) is 0. The van der Waals surface area contributed by atoms with Gasteiger partial charge >= 0.3 is 0 Å². The van der Waals surface area contributed by atoms with E-state index in [1.54, 1.807) is 7.11 Å². The summed E-state index contributed by atoms with van der Waals surface area (Å²) in [4.78, 5) is 4.30. The molecule has 0 amide bonds. The van der Waals surface area contributed by atoms with E-state index in [9.17, 15) is 5.11 Å². The molecule has 1 N–H and O–H groups in total. The average molecular weight is 312 g/mol. The fraction of sp³-hybridized carbons (Fsp3) is 0.526. The highest BCUT2D eigenvalue weighted by Gasteiger charge is 2.34. The van der Waals surface area contributed by atoms with Crippen molar-refractivity contribution in [1.29, 1.82) is 0 Å². The van der Waals surface area contributed by atoms with Gasteiger partial charge in [0.05, 0.1) is 29.9 Å². The molecule has 4 heteroatoms. The number of aliphatic hydroxyl groups excluding tert-OH is 1. The molecule has 2 unspecified atom stereocenters. The van der Waals surface area contributed by atoms with Gasteiger partial charge in [-0.3, -0.25) is 0 Å². The Morgan fingerprint density at radius 3 is 2.83 bits per heavy atom. The molecule has 1 fully saturated rings. The van der Waals surface area contributed by atoms with Gasteiger partial charge in [-0.1, -0.05) is 18.2 Å². The highest BCUT2D eigenvalue weighted by Crippen LogP contribution is 2.42. The second kappa shape index (κ2) is 6.10. The highest BCUT2D eigenvalue weighted by atomic mass is 16.5. The summed E-state index contributed by atoms with van der Waals surface area (Å²) in [6.07, 6.45) is 8.99. The van der Waals surface area contributed by atoms with Crippen LogP contribution in [0.5, 0.6) is 0 Å². The first-order valence-corrected chi connectivity index (χ1v) is 8.60. The molecule has 1 aliphatic heterocycles. The highest BCUT2D eigenvalue weighted by molar-refractivity contribution is 5.53. The van der Waals surface area contributed by atoms with Crippen molar-refractivity contribution >= 4 is 0 Å². The summed E-state index contributed by atoms with van der Waals surface area (Å²) >= 11 is 0. The number of rotatable bonds is 4. The molecular weight excluding hydrogens is 288 g/mol. The van der Waals surface area contributed by atoms with Crippen LogP contribution in [0.3, 0.4) is 0 Å². The number of methoxy groups -OCH3 is 1. The molecule has 2 heterocycles. The maximum atomic E-state index is 10.8. The SMILES string of the molecule is COC1CCC(C(O)CC2c3ccccc3-n3cncc32)CC1. The van der Waals surface area contributed by atoms with Crippen molar-refractivity contribution in [2.45, 2.75) is 50.2 Å². The number of aliphatic hydroxyl groups is 1. The van der Waals surface area contributed by atoms with E-state index in [4.69, 9.17) is 4.74 Å². The number of benzene rings is 1. The van der Waals surface area contributed by atoms with Crippen molar-refractivity contribution in [1.82, 2.24) is 9.55 Å². The number of ether oxygens (including phenoxy) is 1. The van der Waals surface area contributed by atoms with Crippen LogP contribution < -0.4 is 0 Å². The van der Waals surface area contributed by atoms with E-state index in [1.165, 1.54) is 16.9 Å². The molecule has 4 nitrogen and oxygen atoms in total. The number of fused-ring (bicyclic) bond motifs is 3. The van der Waals surface area contributed by atoms with Gasteiger partial charge < -0.3 is 14.4 Å². The maximum Gasteiger partial charge on any atom is 0.0994 e. The molecule has 122 valence electrons. The standard InChI is InChI=1S/C19H24N2O2/c1-23-14-8-6-13(7-9-14)19(22)10-16-15-4-2-3-5-17(15)21-12-20-11-18(16)21/h2-5,11-14,16,19,22H,6-10H2,1H3. The van der Waals surface area contributed by atoms with E-state index < -0.39 is 0 Å². The summed E-state index contributed by atoms with van der Waals surface area (Å²) in [5.74, 6) is 0.648. The number of aromatic nitrogens is 2. The van der Waals surface area contributed by atoms with Crippen LogP contribution in [0, 0.1) is 5.92 Å². The van der Waals surface area contributed by atoms with E-state index >= 15 is 0 Å². The lowest BCUT2D eigenvalue weighted by Crippen LogP contribution is -2.29. The molecule has 0 spiro atoms. The predicted octanol–water partition coefficient (Wildman–Crippen LogP) is 3.27. The molecule has 1 aliphatic carbocycles. The molecule has 0 radical (unpaired) electrons. The van der Waals surface area contributed by atoms with Crippen LogP contribution in [0.4, 0.5) is 0 Å². The van der Waals surface area contributed by atoms with E-state index in [-0.39, 0.29) is 12.0 Å². The molecular formula is C19H24N2O2. The number of hydrogen-bond donors (Lipinski definition) is 1. The second-order valence-electron chi connectivity index (χ2n) is 6.88. The quantitative estimate of drug-likeness (QED) is 0.942. The van der Waals surface area contributed by atoms with Crippen molar-refractivity contribution in [2.75, 3.05) is 7.11 Å². The minimum Gasteiger partial charge on any atom is -0.393 e. The minimum atomic E-state index is -0.257. The van der Waals surface area contributed by atoms with E-state index in [1.807, 2.05) is 12.5 Å². The Morgan fingerprint density at radius 1 is 1.26 bits per heavy atom. The third-order valence-corrected chi connectivity index (χ3v) is 5.67. The molecule has 1 aromatic heterocycles. The van der Waals surface area contributed by atoms with E-state index in [0.29, 0.717) is 12.0 Å². The second-order valence-corrected chi connectivity index (χ2v) is 6.88. The summed E-state index contributed by atoms with van der Waals surface area (Å²) in [5, 5.41) is 10.8. The zero-order chi connectivity index (χ0) is 15.8. The third-order valence-electron chi connectivity index (χ3n) is 5.67. The smallest absolute Gasteiger partial charge is 0.0994 e. The van der Waals surface area contributed by atoms with Gasteiger partial charge in [-0.15, -0.1) is 0 Å². The van der Waals surface area contributed by atoms with Gasteiger partial charge in [0.2, 0.25) is 0 Å². The van der Waals surface area contributed by atoms with Crippen molar-refractivity contribution in [3.8, 4) is 5.69 Å². The molecule has 1 saturated carbocycles. The lowest BCUT2D eigenvalue weighted by molar-refractivity contribution is 0.0153. The Hall–Kier alpha value is -1.65. The van der Waals surface area contributed by atoms with Crippen molar-refractivity contribution in [3.05, 3.63) is 48.0 Å². The topological polar surface area (TPSA) is 47.3 Å². The monoisotopic (exact) mass is 312 g/mol. The lowest BCUT2D eigenvalue weighted by Gasteiger charge is -2.31. The number of hydrogen-bond acceptors (Lipinski definition) is 3. The minimum absolute atomic E-state index is 0.254. The van der Waals surface area contributed by atoms with Crippen LogP contribution in [0.25, 0.3) is 5.69 Å². The molecule has 1 aromatic carbocycles. The van der Waals surface area contributed by atoms with Crippen LogP contribution in [0.2, 0.25) is 0 Å². The normalized spacial score (nSPS) is 27.5. The van der Waals surface area contributed by atoms with E-state index in [0.717, 1.165) is 32.1 Å². The van der Waals surface area contributed by atoms with Gasteiger partial charge in [0.1, 0.15) is 0 Å². The summed E-state index contributed by atoms with van der Waals surface area (Å²) < 4.78 is 7.60.